The molecule has 9 heteroatoms. The summed E-state index contributed by atoms with van der Waals surface area (Å²) >= 11 is 0. The maximum atomic E-state index is 12.6. The predicted molar refractivity (Wildman–Crippen MR) is 98.4 cm³/mol. The normalized spacial score (nSPS) is 16.9. The molecule has 2 aromatic heterocycles. The first-order chi connectivity index (χ1) is 13.0. The lowest BCUT2D eigenvalue weighted by Crippen LogP contribution is -2.40. The van der Waals surface area contributed by atoms with Crippen LogP contribution in [0.2, 0.25) is 0 Å². The first-order valence-electron chi connectivity index (χ1n) is 9.37. The highest BCUT2D eigenvalue weighted by molar-refractivity contribution is 5.74. The Kier molecular flexibility index (Phi) is 6.10. The first kappa shape index (κ1) is 19.3. The molecule has 27 heavy (non-hydrogen) atoms. The Labute approximate surface area is 159 Å². The van der Waals surface area contributed by atoms with E-state index in [-0.39, 0.29) is 12.1 Å². The van der Waals surface area contributed by atoms with Crippen LogP contribution in [-0.2, 0) is 17.7 Å². The Hall–Kier alpha value is -2.42. The molecule has 0 bridgehead atoms. The molecule has 1 aliphatic rings. The van der Waals surface area contributed by atoms with Crippen molar-refractivity contribution in [2.75, 3.05) is 26.8 Å². The van der Waals surface area contributed by atoms with Crippen LogP contribution in [0.3, 0.4) is 0 Å². The van der Waals surface area contributed by atoms with Crippen LogP contribution in [0.4, 0.5) is 4.79 Å². The van der Waals surface area contributed by atoms with E-state index < -0.39 is 0 Å². The smallest absolute Gasteiger partial charge is 0.318 e. The summed E-state index contributed by atoms with van der Waals surface area (Å²) in [6.07, 6.45) is 2.35. The summed E-state index contributed by atoms with van der Waals surface area (Å²) in [7, 11) is 1.64. The van der Waals surface area contributed by atoms with Crippen molar-refractivity contribution in [2.24, 2.45) is 0 Å². The summed E-state index contributed by atoms with van der Waals surface area (Å²) in [4.78, 5) is 18.8. The van der Waals surface area contributed by atoms with E-state index in [0.717, 1.165) is 24.2 Å². The summed E-state index contributed by atoms with van der Waals surface area (Å²) in [5.41, 5.74) is 3.36. The standard InChI is InChI=1S/C18H28N6O3/c1-12-13(2)21-24(14(12)3)10-8-19-18(25)23-9-5-6-15(23)17-20-16(22-27-17)7-11-26-4/h15H,5-11H2,1-4H3,(H,19,25)/t15-/m0/s1. The maximum absolute atomic E-state index is 12.6. The van der Waals surface area contributed by atoms with Crippen molar-refractivity contribution in [3.8, 4) is 0 Å². The average molecular weight is 376 g/mol. The van der Waals surface area contributed by atoms with Gasteiger partial charge in [-0.25, -0.2) is 4.79 Å². The molecule has 148 valence electrons. The molecule has 3 heterocycles. The van der Waals surface area contributed by atoms with E-state index in [4.69, 9.17) is 9.26 Å². The predicted octanol–water partition coefficient (Wildman–Crippen LogP) is 1.93. The van der Waals surface area contributed by atoms with Crippen LogP contribution in [-0.4, -0.2) is 57.7 Å². The number of rotatable bonds is 7. The third-order valence-corrected chi connectivity index (χ3v) is 5.16. The lowest BCUT2D eigenvalue weighted by molar-refractivity contribution is 0.180. The molecule has 1 atom stereocenters. The van der Waals surface area contributed by atoms with Gasteiger partial charge in [0.15, 0.2) is 5.82 Å². The third-order valence-electron chi connectivity index (χ3n) is 5.16. The second kappa shape index (κ2) is 8.51. The van der Waals surface area contributed by atoms with E-state index in [0.29, 0.717) is 44.4 Å². The number of aryl methyl sites for hydroxylation is 1. The number of hydrogen-bond donors (Lipinski definition) is 1. The van der Waals surface area contributed by atoms with Crippen molar-refractivity contribution in [1.29, 1.82) is 0 Å². The Morgan fingerprint density at radius 2 is 2.19 bits per heavy atom. The highest BCUT2D eigenvalue weighted by Gasteiger charge is 2.34. The van der Waals surface area contributed by atoms with Gasteiger partial charge >= 0.3 is 6.03 Å². The zero-order valence-electron chi connectivity index (χ0n) is 16.5. The van der Waals surface area contributed by atoms with Crippen LogP contribution in [0, 0.1) is 20.8 Å². The van der Waals surface area contributed by atoms with Gasteiger partial charge in [0.1, 0.15) is 6.04 Å². The van der Waals surface area contributed by atoms with Crippen LogP contribution in [0.25, 0.3) is 0 Å². The van der Waals surface area contributed by atoms with Crippen LogP contribution >= 0.6 is 0 Å². The number of amides is 2. The van der Waals surface area contributed by atoms with Gasteiger partial charge in [-0.15, -0.1) is 0 Å². The van der Waals surface area contributed by atoms with Gasteiger partial charge in [0, 0.05) is 32.3 Å². The molecular weight excluding hydrogens is 348 g/mol. The number of nitrogens with one attached hydrogen (secondary N) is 1. The maximum Gasteiger partial charge on any atom is 0.318 e. The van der Waals surface area contributed by atoms with E-state index >= 15 is 0 Å². The van der Waals surface area contributed by atoms with Crippen molar-refractivity contribution in [1.82, 2.24) is 30.1 Å². The average Bonchev–Trinajstić information content (AvgIpc) is 3.37. The zero-order chi connectivity index (χ0) is 19.4. The third kappa shape index (κ3) is 4.29. The van der Waals surface area contributed by atoms with Gasteiger partial charge in [-0.05, 0) is 39.2 Å². The molecule has 0 aromatic carbocycles. The number of urea groups is 1. The zero-order valence-corrected chi connectivity index (χ0v) is 16.5. The van der Waals surface area contributed by atoms with E-state index in [9.17, 15) is 4.79 Å². The van der Waals surface area contributed by atoms with Crippen LogP contribution in [0.15, 0.2) is 4.52 Å². The molecule has 3 rings (SSSR count). The van der Waals surface area contributed by atoms with Gasteiger partial charge in [0.2, 0.25) is 5.89 Å². The molecule has 9 nitrogen and oxygen atoms in total. The van der Waals surface area contributed by atoms with E-state index in [1.54, 1.807) is 12.0 Å². The highest BCUT2D eigenvalue weighted by atomic mass is 16.5. The number of nitrogens with zero attached hydrogens (tertiary/aromatic N) is 5. The lowest BCUT2D eigenvalue weighted by Gasteiger charge is -2.22. The Morgan fingerprint density at radius 1 is 1.37 bits per heavy atom. The van der Waals surface area contributed by atoms with Crippen LogP contribution in [0.1, 0.15) is 47.5 Å². The van der Waals surface area contributed by atoms with Crippen molar-refractivity contribution >= 4 is 6.03 Å². The molecule has 1 aliphatic heterocycles. The number of aromatic nitrogens is 4. The minimum absolute atomic E-state index is 0.104. The minimum atomic E-state index is -0.162. The van der Waals surface area contributed by atoms with Crippen molar-refractivity contribution in [3.63, 3.8) is 0 Å². The highest BCUT2D eigenvalue weighted by Crippen LogP contribution is 2.30. The number of hydrogen-bond acceptors (Lipinski definition) is 6. The second-order valence-electron chi connectivity index (χ2n) is 6.89. The summed E-state index contributed by atoms with van der Waals surface area (Å²) < 4.78 is 12.4. The van der Waals surface area contributed by atoms with Gasteiger partial charge in [-0.3, -0.25) is 4.68 Å². The lowest BCUT2D eigenvalue weighted by atomic mass is 10.2. The molecule has 0 radical (unpaired) electrons. The molecule has 0 saturated carbocycles. The number of carbonyl (C=O) groups excluding carboxylic acids is 1. The van der Waals surface area contributed by atoms with Crippen molar-refractivity contribution < 1.29 is 14.1 Å². The van der Waals surface area contributed by atoms with Gasteiger partial charge < -0.3 is 19.5 Å². The molecule has 1 saturated heterocycles. The van der Waals surface area contributed by atoms with Gasteiger partial charge in [-0.2, -0.15) is 10.1 Å². The molecular formula is C18H28N6O3. The summed E-state index contributed by atoms with van der Waals surface area (Å²) in [6.45, 7) is 8.50. The minimum Gasteiger partial charge on any atom is -0.384 e. The molecule has 1 fully saturated rings. The van der Waals surface area contributed by atoms with Gasteiger partial charge in [0.05, 0.1) is 18.8 Å². The Morgan fingerprint density at radius 3 is 2.89 bits per heavy atom. The molecule has 1 N–H and O–H groups in total. The quantitative estimate of drug-likeness (QED) is 0.793. The van der Waals surface area contributed by atoms with Gasteiger partial charge in [-0.1, -0.05) is 5.16 Å². The summed E-state index contributed by atoms with van der Waals surface area (Å²) in [6, 6.07) is -0.267. The molecule has 0 aliphatic carbocycles. The fourth-order valence-electron chi connectivity index (χ4n) is 3.34. The Balaban J connectivity index is 1.55. The molecule has 0 unspecified atom stereocenters. The number of carbonyl (C=O) groups is 1. The molecule has 0 spiro atoms. The van der Waals surface area contributed by atoms with Crippen LogP contribution in [0.5, 0.6) is 0 Å². The summed E-state index contributed by atoms with van der Waals surface area (Å²) in [5.74, 6) is 1.11. The second-order valence-corrected chi connectivity index (χ2v) is 6.89. The number of ether oxygens (including phenoxy) is 1. The SMILES string of the molecule is COCCc1noc([C@@H]2CCCN2C(=O)NCCn2nc(C)c(C)c2C)n1. The van der Waals surface area contributed by atoms with E-state index in [1.165, 1.54) is 5.56 Å². The largest absolute Gasteiger partial charge is 0.384 e. The fourth-order valence-corrected chi connectivity index (χ4v) is 3.34. The van der Waals surface area contributed by atoms with Gasteiger partial charge in [0.25, 0.3) is 0 Å². The first-order valence-corrected chi connectivity index (χ1v) is 9.37. The summed E-state index contributed by atoms with van der Waals surface area (Å²) in [5, 5.41) is 11.5. The van der Waals surface area contributed by atoms with Crippen molar-refractivity contribution in [2.45, 2.75) is 52.6 Å². The monoisotopic (exact) mass is 376 g/mol. The topological polar surface area (TPSA) is 98.3 Å². The number of methoxy groups -OCH3 is 1. The molecule has 2 aromatic rings. The Bertz CT molecular complexity index is 784. The number of likely N-dealkylation sites (tertiary alicyclic amines) is 1. The van der Waals surface area contributed by atoms with Crippen LogP contribution < -0.4 is 5.32 Å². The van der Waals surface area contributed by atoms with Crippen molar-refractivity contribution in [3.05, 3.63) is 28.7 Å². The van der Waals surface area contributed by atoms with E-state index in [2.05, 4.69) is 27.5 Å². The van der Waals surface area contributed by atoms with E-state index in [1.807, 2.05) is 18.5 Å². The fraction of sp³-hybridized carbons (Fsp3) is 0.667. The molecule has 2 amide bonds.